The second-order valence-electron chi connectivity index (χ2n) is 5.10. The number of carboxylic acid groups (broad SMARTS) is 1. The van der Waals surface area contributed by atoms with Crippen LogP contribution in [0.25, 0.3) is 0 Å². The van der Waals surface area contributed by atoms with E-state index in [0.29, 0.717) is 6.42 Å². The van der Waals surface area contributed by atoms with Crippen LogP contribution in [0.3, 0.4) is 0 Å². The number of nitrogens with one attached hydrogen (secondary N) is 2. The molecule has 1 unspecified atom stereocenters. The SMILES string of the molecule is COP(=O)(CCc1ccccc1)N[C@@H](C)C(=O)NCCC(=O)O. The second-order valence-corrected chi connectivity index (χ2v) is 7.52. The van der Waals surface area contributed by atoms with Gasteiger partial charge in [-0.05, 0) is 18.9 Å². The van der Waals surface area contributed by atoms with Gasteiger partial charge in [-0.25, -0.2) is 5.09 Å². The van der Waals surface area contributed by atoms with Gasteiger partial charge < -0.3 is 14.9 Å². The summed E-state index contributed by atoms with van der Waals surface area (Å²) in [6.45, 7) is 1.59. The molecule has 0 aliphatic heterocycles. The largest absolute Gasteiger partial charge is 0.481 e. The number of carbonyl (C=O) groups excluding carboxylic acids is 1. The van der Waals surface area contributed by atoms with Gasteiger partial charge in [-0.1, -0.05) is 30.3 Å². The third-order valence-corrected chi connectivity index (χ3v) is 5.44. The van der Waals surface area contributed by atoms with E-state index in [9.17, 15) is 14.2 Å². The normalized spacial score (nSPS) is 14.7. The van der Waals surface area contributed by atoms with Gasteiger partial charge in [0.05, 0.1) is 12.5 Å². The van der Waals surface area contributed by atoms with E-state index in [1.54, 1.807) is 6.92 Å². The number of hydrogen-bond donors (Lipinski definition) is 3. The first kappa shape index (κ1) is 19.4. The molecule has 1 aromatic carbocycles. The van der Waals surface area contributed by atoms with Crippen LogP contribution in [0.2, 0.25) is 0 Å². The molecule has 0 aliphatic carbocycles. The lowest BCUT2D eigenvalue weighted by Crippen LogP contribution is -2.42. The van der Waals surface area contributed by atoms with Crippen molar-refractivity contribution < 1.29 is 23.8 Å². The van der Waals surface area contributed by atoms with Gasteiger partial charge in [-0.15, -0.1) is 0 Å². The van der Waals surface area contributed by atoms with Crippen molar-refractivity contribution in [2.24, 2.45) is 0 Å². The summed E-state index contributed by atoms with van der Waals surface area (Å²) in [5.41, 5.74) is 1.03. The molecule has 1 amide bonds. The summed E-state index contributed by atoms with van der Waals surface area (Å²) in [6.07, 6.45) is 0.668. The summed E-state index contributed by atoms with van der Waals surface area (Å²) in [6, 6.07) is 8.83. The van der Waals surface area contributed by atoms with Crippen molar-refractivity contribution in [3.05, 3.63) is 35.9 Å². The molecule has 0 saturated heterocycles. The van der Waals surface area contributed by atoms with Crippen molar-refractivity contribution >= 4 is 19.4 Å². The molecule has 7 nitrogen and oxygen atoms in total. The molecular formula is C15H23N2O5P. The Kier molecular flexibility index (Phi) is 7.95. The Balaban J connectivity index is 2.50. The van der Waals surface area contributed by atoms with Crippen LogP contribution in [0.1, 0.15) is 18.9 Å². The Morgan fingerprint density at radius 2 is 1.96 bits per heavy atom. The predicted octanol–water partition coefficient (Wildman–Crippen LogP) is 1.64. The molecule has 0 aliphatic rings. The third kappa shape index (κ3) is 7.41. The zero-order valence-corrected chi connectivity index (χ0v) is 14.2. The summed E-state index contributed by atoms with van der Waals surface area (Å²) >= 11 is 0. The van der Waals surface area contributed by atoms with E-state index in [0.717, 1.165) is 5.56 Å². The lowest BCUT2D eigenvalue weighted by Gasteiger charge is -2.21. The number of aryl methyl sites for hydroxylation is 1. The smallest absolute Gasteiger partial charge is 0.305 e. The van der Waals surface area contributed by atoms with Crippen LogP contribution in [0.5, 0.6) is 0 Å². The summed E-state index contributed by atoms with van der Waals surface area (Å²) in [4.78, 5) is 22.3. The first-order valence-electron chi connectivity index (χ1n) is 7.32. The number of carbonyl (C=O) groups is 2. The highest BCUT2D eigenvalue weighted by Crippen LogP contribution is 2.42. The molecular weight excluding hydrogens is 319 g/mol. The molecule has 0 bridgehead atoms. The summed E-state index contributed by atoms with van der Waals surface area (Å²) in [7, 11) is -1.81. The Morgan fingerprint density at radius 1 is 1.30 bits per heavy atom. The topological polar surface area (TPSA) is 105 Å². The quantitative estimate of drug-likeness (QED) is 0.558. The Labute approximate surface area is 135 Å². The number of hydrogen-bond acceptors (Lipinski definition) is 4. The summed E-state index contributed by atoms with van der Waals surface area (Å²) in [5, 5.41) is 13.7. The average Bonchev–Trinajstić information content (AvgIpc) is 2.53. The molecule has 0 heterocycles. The molecule has 2 atom stereocenters. The van der Waals surface area contributed by atoms with E-state index in [-0.39, 0.29) is 19.1 Å². The van der Waals surface area contributed by atoms with Gasteiger partial charge in [-0.3, -0.25) is 14.2 Å². The van der Waals surface area contributed by atoms with Crippen molar-refractivity contribution in [3.8, 4) is 0 Å². The van der Waals surface area contributed by atoms with Gasteiger partial charge in [0.15, 0.2) is 0 Å². The molecule has 1 aromatic rings. The maximum atomic E-state index is 12.6. The molecule has 0 fully saturated rings. The minimum atomic E-state index is -3.15. The van der Waals surface area contributed by atoms with Crippen molar-refractivity contribution in [1.29, 1.82) is 0 Å². The maximum Gasteiger partial charge on any atom is 0.305 e. The fourth-order valence-corrected chi connectivity index (χ4v) is 3.61. The van der Waals surface area contributed by atoms with Crippen LogP contribution in [0.4, 0.5) is 0 Å². The average molecular weight is 342 g/mol. The number of amides is 1. The number of aliphatic carboxylic acids is 1. The lowest BCUT2D eigenvalue weighted by atomic mass is 10.2. The third-order valence-electron chi connectivity index (χ3n) is 3.25. The van der Waals surface area contributed by atoms with Crippen molar-refractivity contribution in [2.75, 3.05) is 19.8 Å². The zero-order valence-electron chi connectivity index (χ0n) is 13.3. The van der Waals surface area contributed by atoms with Crippen molar-refractivity contribution in [3.63, 3.8) is 0 Å². The molecule has 3 N–H and O–H groups in total. The van der Waals surface area contributed by atoms with Crippen LogP contribution >= 0.6 is 7.52 Å². The lowest BCUT2D eigenvalue weighted by molar-refractivity contribution is -0.136. The highest BCUT2D eigenvalue weighted by molar-refractivity contribution is 7.56. The monoisotopic (exact) mass is 342 g/mol. The van der Waals surface area contributed by atoms with E-state index >= 15 is 0 Å². The van der Waals surface area contributed by atoms with E-state index in [4.69, 9.17) is 9.63 Å². The van der Waals surface area contributed by atoms with Crippen LogP contribution in [0, 0.1) is 0 Å². The van der Waals surface area contributed by atoms with Gasteiger partial charge in [0, 0.05) is 19.8 Å². The van der Waals surface area contributed by atoms with E-state index in [2.05, 4.69) is 10.4 Å². The van der Waals surface area contributed by atoms with Gasteiger partial charge in [-0.2, -0.15) is 0 Å². The summed E-state index contributed by atoms with van der Waals surface area (Å²) in [5.74, 6) is -1.40. The highest BCUT2D eigenvalue weighted by Gasteiger charge is 2.26. The Hall–Kier alpha value is -1.69. The van der Waals surface area contributed by atoms with Gasteiger partial charge >= 0.3 is 5.97 Å². The van der Waals surface area contributed by atoms with Crippen LogP contribution in [0.15, 0.2) is 30.3 Å². The highest BCUT2D eigenvalue weighted by atomic mass is 31.2. The van der Waals surface area contributed by atoms with Crippen LogP contribution < -0.4 is 10.4 Å². The zero-order chi connectivity index (χ0) is 17.3. The van der Waals surface area contributed by atoms with Crippen molar-refractivity contribution in [1.82, 2.24) is 10.4 Å². The number of carboxylic acids is 1. The van der Waals surface area contributed by atoms with Crippen LogP contribution in [-0.4, -0.2) is 42.8 Å². The van der Waals surface area contributed by atoms with Crippen molar-refractivity contribution in [2.45, 2.75) is 25.8 Å². The number of benzene rings is 1. The van der Waals surface area contributed by atoms with E-state index < -0.39 is 25.4 Å². The molecule has 1 rings (SSSR count). The maximum absolute atomic E-state index is 12.6. The minimum absolute atomic E-state index is 0.0293. The molecule has 23 heavy (non-hydrogen) atoms. The molecule has 0 spiro atoms. The van der Waals surface area contributed by atoms with Gasteiger partial charge in [0.1, 0.15) is 0 Å². The van der Waals surface area contributed by atoms with Gasteiger partial charge in [0.2, 0.25) is 5.91 Å². The minimum Gasteiger partial charge on any atom is -0.481 e. The molecule has 0 saturated carbocycles. The Morgan fingerprint density at radius 3 is 2.52 bits per heavy atom. The first-order chi connectivity index (χ1) is 10.9. The van der Waals surface area contributed by atoms with Crippen LogP contribution in [-0.2, 0) is 25.1 Å². The van der Waals surface area contributed by atoms with E-state index in [1.165, 1.54) is 7.11 Å². The van der Waals surface area contributed by atoms with Gasteiger partial charge in [0.25, 0.3) is 7.52 Å². The fraction of sp³-hybridized carbons (Fsp3) is 0.467. The van der Waals surface area contributed by atoms with E-state index in [1.807, 2.05) is 30.3 Å². The molecule has 8 heteroatoms. The first-order valence-corrected chi connectivity index (χ1v) is 9.13. The molecule has 128 valence electrons. The standard InChI is InChI=1S/C15H23N2O5P/c1-12(15(20)16-10-8-14(18)19)17-23(21,22-2)11-9-13-6-4-3-5-7-13/h3-7,12H,8-11H2,1-2H3,(H,16,20)(H,17,21)(H,18,19)/t12-,23?/m0/s1. The second kappa shape index (κ2) is 9.45. The summed E-state index contributed by atoms with van der Waals surface area (Å²) < 4.78 is 17.7. The molecule has 0 radical (unpaired) electrons. The fourth-order valence-electron chi connectivity index (χ4n) is 1.93. The predicted molar refractivity (Wildman–Crippen MR) is 87.5 cm³/mol. The Bertz CT molecular complexity index is 564. The number of rotatable bonds is 10. The molecule has 0 aromatic heterocycles.